The molecule has 1 aromatic heterocycles. The number of aromatic nitrogens is 1. The summed E-state index contributed by atoms with van der Waals surface area (Å²) in [7, 11) is 1.84. The van der Waals surface area contributed by atoms with Crippen LogP contribution in [0.4, 0.5) is 0 Å². The molecule has 0 aliphatic carbocycles. The van der Waals surface area contributed by atoms with Gasteiger partial charge in [0.05, 0.1) is 6.61 Å². The van der Waals surface area contributed by atoms with E-state index in [1.54, 1.807) is 11.1 Å². The van der Waals surface area contributed by atoms with E-state index in [2.05, 4.69) is 4.90 Å². The van der Waals surface area contributed by atoms with Gasteiger partial charge in [-0.15, -0.1) is 0 Å². The molecule has 2 rings (SSSR count). The van der Waals surface area contributed by atoms with Crippen LogP contribution in [0.5, 0.6) is 0 Å². The van der Waals surface area contributed by atoms with Gasteiger partial charge in [-0.05, 0) is 13.8 Å². The van der Waals surface area contributed by atoms with Gasteiger partial charge in [-0.2, -0.15) is 0 Å². The highest BCUT2D eigenvalue weighted by Crippen LogP contribution is 2.07. The molecular formula is C16H25N3O3. The minimum Gasteiger partial charge on any atom is -0.380 e. The molecule has 22 heavy (non-hydrogen) atoms. The standard InChI is InChI=1S/C16H25N3O3/c1-4-22-10-9-18-5-7-19(8-6-18)16(21)14-12-17(3)13(2)11-15(14)20/h11-12H,4-10H2,1-3H3. The van der Waals surface area contributed by atoms with Crippen LogP contribution in [-0.4, -0.2) is 66.2 Å². The Kier molecular flexibility index (Phi) is 5.74. The summed E-state index contributed by atoms with van der Waals surface area (Å²) in [6.45, 7) is 9.14. The van der Waals surface area contributed by atoms with Gasteiger partial charge in [0.2, 0.25) is 0 Å². The zero-order valence-corrected chi connectivity index (χ0v) is 13.7. The van der Waals surface area contributed by atoms with Crippen molar-refractivity contribution < 1.29 is 9.53 Å². The Morgan fingerprint density at radius 2 is 1.95 bits per heavy atom. The molecule has 1 aromatic rings. The average Bonchev–Trinajstić information content (AvgIpc) is 2.51. The van der Waals surface area contributed by atoms with Crippen molar-refractivity contribution in [2.75, 3.05) is 45.9 Å². The Morgan fingerprint density at radius 3 is 2.59 bits per heavy atom. The molecule has 0 bridgehead atoms. The van der Waals surface area contributed by atoms with Gasteiger partial charge in [-0.1, -0.05) is 0 Å². The summed E-state index contributed by atoms with van der Waals surface area (Å²) in [4.78, 5) is 28.6. The van der Waals surface area contributed by atoms with Crippen LogP contribution in [0.3, 0.4) is 0 Å². The summed E-state index contributed by atoms with van der Waals surface area (Å²) >= 11 is 0. The molecule has 122 valence electrons. The van der Waals surface area contributed by atoms with Gasteiger partial charge in [-0.25, -0.2) is 0 Å². The van der Waals surface area contributed by atoms with E-state index >= 15 is 0 Å². The monoisotopic (exact) mass is 307 g/mol. The molecule has 0 atom stereocenters. The maximum atomic E-state index is 12.5. The number of amides is 1. The Morgan fingerprint density at radius 1 is 1.27 bits per heavy atom. The number of ether oxygens (including phenoxy) is 1. The number of pyridine rings is 1. The second-order valence-electron chi connectivity index (χ2n) is 5.63. The maximum absolute atomic E-state index is 12.5. The van der Waals surface area contributed by atoms with Crippen molar-refractivity contribution >= 4 is 5.91 Å². The molecule has 2 heterocycles. The lowest BCUT2D eigenvalue weighted by atomic mass is 10.2. The fraction of sp³-hybridized carbons (Fsp3) is 0.625. The van der Waals surface area contributed by atoms with E-state index in [-0.39, 0.29) is 16.9 Å². The topological polar surface area (TPSA) is 54.8 Å². The molecule has 6 heteroatoms. The highest BCUT2D eigenvalue weighted by atomic mass is 16.5. The van der Waals surface area contributed by atoms with E-state index in [1.807, 2.05) is 25.5 Å². The highest BCUT2D eigenvalue weighted by molar-refractivity contribution is 5.94. The van der Waals surface area contributed by atoms with Gasteiger partial charge in [0, 0.05) is 64.3 Å². The number of hydrogen-bond donors (Lipinski definition) is 0. The number of piperazine rings is 1. The lowest BCUT2D eigenvalue weighted by Crippen LogP contribution is -2.50. The zero-order chi connectivity index (χ0) is 16.1. The average molecular weight is 307 g/mol. The molecule has 1 aliphatic rings. The van der Waals surface area contributed by atoms with Crippen LogP contribution in [-0.2, 0) is 11.8 Å². The summed E-state index contributed by atoms with van der Waals surface area (Å²) < 4.78 is 7.17. The van der Waals surface area contributed by atoms with Crippen molar-refractivity contribution in [2.24, 2.45) is 7.05 Å². The summed E-state index contributed by atoms with van der Waals surface area (Å²) in [5.41, 5.74) is 0.914. The second-order valence-corrected chi connectivity index (χ2v) is 5.63. The Balaban J connectivity index is 1.95. The fourth-order valence-electron chi connectivity index (χ4n) is 2.57. The molecule has 0 radical (unpaired) electrons. The minimum atomic E-state index is -0.195. The van der Waals surface area contributed by atoms with Gasteiger partial charge >= 0.3 is 0 Å². The first-order valence-electron chi connectivity index (χ1n) is 7.79. The third-order valence-electron chi connectivity index (χ3n) is 4.13. The van der Waals surface area contributed by atoms with Gasteiger partial charge < -0.3 is 14.2 Å². The van der Waals surface area contributed by atoms with Crippen molar-refractivity contribution in [3.8, 4) is 0 Å². The quantitative estimate of drug-likeness (QED) is 0.743. The van der Waals surface area contributed by atoms with E-state index in [9.17, 15) is 9.59 Å². The van der Waals surface area contributed by atoms with E-state index < -0.39 is 0 Å². The Bertz CT molecular complexity index is 574. The summed E-state index contributed by atoms with van der Waals surface area (Å²) in [6.07, 6.45) is 1.64. The lowest BCUT2D eigenvalue weighted by molar-refractivity contribution is 0.0563. The largest absolute Gasteiger partial charge is 0.380 e. The number of carbonyl (C=O) groups excluding carboxylic acids is 1. The van der Waals surface area contributed by atoms with Crippen LogP contribution in [0.25, 0.3) is 0 Å². The van der Waals surface area contributed by atoms with Crippen LogP contribution in [0.2, 0.25) is 0 Å². The van der Waals surface area contributed by atoms with Crippen molar-refractivity contribution in [3.05, 3.63) is 33.7 Å². The molecule has 0 saturated carbocycles. The summed E-state index contributed by atoms with van der Waals surface area (Å²) in [6, 6.07) is 1.52. The molecule has 0 N–H and O–H groups in total. The third-order valence-corrected chi connectivity index (χ3v) is 4.13. The van der Waals surface area contributed by atoms with Gasteiger partial charge in [-0.3, -0.25) is 14.5 Å². The molecule has 0 aromatic carbocycles. The molecule has 1 amide bonds. The van der Waals surface area contributed by atoms with Crippen molar-refractivity contribution in [1.82, 2.24) is 14.4 Å². The normalized spacial score (nSPS) is 16.0. The van der Waals surface area contributed by atoms with Gasteiger partial charge in [0.15, 0.2) is 5.43 Å². The van der Waals surface area contributed by atoms with Crippen LogP contribution in [0, 0.1) is 6.92 Å². The van der Waals surface area contributed by atoms with E-state index in [1.165, 1.54) is 6.07 Å². The number of nitrogens with zero attached hydrogens (tertiary/aromatic N) is 3. The first kappa shape index (κ1) is 16.7. The first-order chi connectivity index (χ1) is 10.5. The first-order valence-corrected chi connectivity index (χ1v) is 7.79. The molecule has 1 aliphatic heterocycles. The van der Waals surface area contributed by atoms with Crippen molar-refractivity contribution in [1.29, 1.82) is 0 Å². The highest BCUT2D eigenvalue weighted by Gasteiger charge is 2.23. The molecule has 1 fully saturated rings. The molecule has 0 spiro atoms. The fourth-order valence-corrected chi connectivity index (χ4v) is 2.57. The zero-order valence-electron chi connectivity index (χ0n) is 13.7. The van der Waals surface area contributed by atoms with Crippen LogP contribution >= 0.6 is 0 Å². The van der Waals surface area contributed by atoms with E-state index in [0.717, 1.165) is 38.5 Å². The van der Waals surface area contributed by atoms with E-state index in [4.69, 9.17) is 4.74 Å². The minimum absolute atomic E-state index is 0.162. The number of rotatable bonds is 5. The molecule has 0 unspecified atom stereocenters. The second kappa shape index (κ2) is 7.56. The molecular weight excluding hydrogens is 282 g/mol. The molecule has 1 saturated heterocycles. The van der Waals surface area contributed by atoms with Gasteiger partial charge in [0.25, 0.3) is 5.91 Å². The van der Waals surface area contributed by atoms with Crippen molar-refractivity contribution in [3.63, 3.8) is 0 Å². The predicted molar refractivity (Wildman–Crippen MR) is 85.3 cm³/mol. The van der Waals surface area contributed by atoms with Gasteiger partial charge in [0.1, 0.15) is 5.56 Å². The summed E-state index contributed by atoms with van der Waals surface area (Å²) in [5, 5.41) is 0. The predicted octanol–water partition coefficient (Wildman–Crippen LogP) is 0.488. The lowest BCUT2D eigenvalue weighted by Gasteiger charge is -2.34. The van der Waals surface area contributed by atoms with Crippen LogP contribution in [0.1, 0.15) is 23.0 Å². The van der Waals surface area contributed by atoms with Crippen molar-refractivity contribution in [2.45, 2.75) is 13.8 Å². The molecule has 6 nitrogen and oxygen atoms in total. The van der Waals surface area contributed by atoms with Crippen LogP contribution in [0.15, 0.2) is 17.1 Å². The smallest absolute Gasteiger partial charge is 0.259 e. The summed E-state index contributed by atoms with van der Waals surface area (Å²) in [5.74, 6) is -0.162. The van der Waals surface area contributed by atoms with Crippen LogP contribution < -0.4 is 5.43 Å². The number of aryl methyl sites for hydroxylation is 2. The SMILES string of the molecule is CCOCCN1CCN(C(=O)c2cn(C)c(C)cc2=O)CC1. The number of hydrogen-bond acceptors (Lipinski definition) is 4. The Hall–Kier alpha value is -1.66. The number of carbonyl (C=O) groups is 1. The maximum Gasteiger partial charge on any atom is 0.259 e. The van der Waals surface area contributed by atoms with E-state index in [0.29, 0.717) is 13.1 Å². The third kappa shape index (κ3) is 3.96. The Labute approximate surface area is 131 Å².